The number of pyridine rings is 1. The highest BCUT2D eigenvalue weighted by atomic mass is 16.5. The van der Waals surface area contributed by atoms with Crippen LogP contribution in [0.25, 0.3) is 0 Å². The van der Waals surface area contributed by atoms with Crippen LogP contribution in [0, 0.1) is 6.92 Å². The van der Waals surface area contributed by atoms with Crippen LogP contribution in [-0.2, 0) is 0 Å². The molecule has 0 saturated heterocycles. The van der Waals surface area contributed by atoms with Gasteiger partial charge >= 0.3 is 0 Å². The standard InChI is InChI=1S/C15H17N3O2/c1-3-20-13-6-4-5-12(16)14(13)15(19)18-11-7-8-17-10(2)9-11/h4-9H,3,16H2,1-2H3,(H,17,18,19). The number of ether oxygens (including phenoxy) is 1. The second kappa shape index (κ2) is 6.06. The molecule has 0 aliphatic carbocycles. The van der Waals surface area contributed by atoms with Crippen molar-refractivity contribution in [2.45, 2.75) is 13.8 Å². The first-order chi connectivity index (χ1) is 9.61. The molecule has 0 saturated carbocycles. The second-order valence-corrected chi connectivity index (χ2v) is 4.29. The van der Waals surface area contributed by atoms with E-state index in [9.17, 15) is 4.79 Å². The third-order valence-corrected chi connectivity index (χ3v) is 2.74. The van der Waals surface area contributed by atoms with Gasteiger partial charge in [-0.2, -0.15) is 0 Å². The quantitative estimate of drug-likeness (QED) is 0.838. The van der Waals surface area contributed by atoms with E-state index in [2.05, 4.69) is 10.3 Å². The number of rotatable bonds is 4. The molecule has 20 heavy (non-hydrogen) atoms. The largest absolute Gasteiger partial charge is 0.493 e. The van der Waals surface area contributed by atoms with E-state index in [0.29, 0.717) is 29.3 Å². The van der Waals surface area contributed by atoms with E-state index < -0.39 is 0 Å². The highest BCUT2D eigenvalue weighted by Crippen LogP contribution is 2.25. The van der Waals surface area contributed by atoms with E-state index in [0.717, 1.165) is 5.69 Å². The number of anilines is 2. The van der Waals surface area contributed by atoms with Gasteiger partial charge in [-0.15, -0.1) is 0 Å². The van der Waals surface area contributed by atoms with Gasteiger partial charge < -0.3 is 15.8 Å². The maximum Gasteiger partial charge on any atom is 0.261 e. The van der Waals surface area contributed by atoms with Crippen molar-refractivity contribution >= 4 is 17.3 Å². The van der Waals surface area contributed by atoms with Crippen molar-refractivity contribution < 1.29 is 9.53 Å². The average Bonchev–Trinajstić information content (AvgIpc) is 2.39. The zero-order valence-electron chi connectivity index (χ0n) is 11.5. The molecule has 0 aliphatic heterocycles. The minimum atomic E-state index is -0.294. The molecule has 0 spiro atoms. The zero-order valence-corrected chi connectivity index (χ0v) is 11.5. The molecular weight excluding hydrogens is 254 g/mol. The van der Waals surface area contributed by atoms with Crippen LogP contribution in [0.5, 0.6) is 5.75 Å². The van der Waals surface area contributed by atoms with E-state index in [1.807, 2.05) is 13.8 Å². The number of nitrogens with two attached hydrogens (primary N) is 1. The molecule has 104 valence electrons. The summed E-state index contributed by atoms with van der Waals surface area (Å²) in [4.78, 5) is 16.4. The maximum absolute atomic E-state index is 12.4. The fourth-order valence-electron chi connectivity index (χ4n) is 1.88. The Morgan fingerprint density at radius 2 is 2.20 bits per heavy atom. The van der Waals surface area contributed by atoms with Crippen LogP contribution in [0.2, 0.25) is 0 Å². The van der Waals surface area contributed by atoms with Crippen molar-refractivity contribution in [1.82, 2.24) is 4.98 Å². The van der Waals surface area contributed by atoms with Crippen molar-refractivity contribution in [3.8, 4) is 5.75 Å². The third-order valence-electron chi connectivity index (χ3n) is 2.74. The Bertz CT molecular complexity index is 626. The van der Waals surface area contributed by atoms with Crippen molar-refractivity contribution in [3.63, 3.8) is 0 Å². The van der Waals surface area contributed by atoms with Crippen LogP contribution in [0.1, 0.15) is 23.0 Å². The Morgan fingerprint density at radius 3 is 2.90 bits per heavy atom. The summed E-state index contributed by atoms with van der Waals surface area (Å²) in [5, 5.41) is 2.80. The van der Waals surface area contributed by atoms with Crippen LogP contribution in [0.3, 0.4) is 0 Å². The molecule has 0 unspecified atom stereocenters. The summed E-state index contributed by atoms with van der Waals surface area (Å²) in [6.07, 6.45) is 1.64. The monoisotopic (exact) mass is 271 g/mol. The van der Waals surface area contributed by atoms with Crippen LogP contribution >= 0.6 is 0 Å². The van der Waals surface area contributed by atoms with Gasteiger partial charge in [-0.05, 0) is 38.1 Å². The van der Waals surface area contributed by atoms with Crippen molar-refractivity contribution in [3.05, 3.63) is 47.8 Å². The Kier molecular flexibility index (Phi) is 4.20. The summed E-state index contributed by atoms with van der Waals surface area (Å²) in [6.45, 7) is 4.19. The van der Waals surface area contributed by atoms with Gasteiger partial charge in [0.15, 0.2) is 0 Å². The Balaban J connectivity index is 2.29. The number of nitrogen functional groups attached to an aromatic ring is 1. The Labute approximate surface area is 117 Å². The lowest BCUT2D eigenvalue weighted by molar-refractivity contribution is 0.102. The molecule has 0 aliphatic rings. The first-order valence-corrected chi connectivity index (χ1v) is 6.37. The van der Waals surface area contributed by atoms with Crippen molar-refractivity contribution in [2.24, 2.45) is 0 Å². The van der Waals surface area contributed by atoms with E-state index in [1.54, 1.807) is 36.5 Å². The number of benzene rings is 1. The van der Waals surface area contributed by atoms with Crippen LogP contribution < -0.4 is 15.8 Å². The minimum absolute atomic E-state index is 0.294. The summed E-state index contributed by atoms with van der Waals surface area (Å²) in [6, 6.07) is 8.68. The fourth-order valence-corrected chi connectivity index (χ4v) is 1.88. The minimum Gasteiger partial charge on any atom is -0.493 e. The summed E-state index contributed by atoms with van der Waals surface area (Å²) in [5.41, 5.74) is 8.12. The lowest BCUT2D eigenvalue weighted by Gasteiger charge is -2.12. The molecule has 3 N–H and O–H groups in total. The van der Waals surface area contributed by atoms with Gasteiger partial charge in [0.25, 0.3) is 5.91 Å². The van der Waals surface area contributed by atoms with E-state index >= 15 is 0 Å². The number of aryl methyl sites for hydroxylation is 1. The van der Waals surface area contributed by atoms with Gasteiger partial charge in [0.1, 0.15) is 11.3 Å². The number of amides is 1. The number of carbonyl (C=O) groups excluding carboxylic acids is 1. The number of nitrogens with one attached hydrogen (secondary N) is 1. The van der Waals surface area contributed by atoms with Gasteiger partial charge in [-0.1, -0.05) is 6.07 Å². The van der Waals surface area contributed by atoms with Crippen LogP contribution in [-0.4, -0.2) is 17.5 Å². The van der Waals surface area contributed by atoms with Crippen molar-refractivity contribution in [2.75, 3.05) is 17.7 Å². The van der Waals surface area contributed by atoms with E-state index in [4.69, 9.17) is 10.5 Å². The molecule has 0 fully saturated rings. The molecule has 1 aromatic carbocycles. The number of aromatic nitrogens is 1. The third kappa shape index (κ3) is 3.06. The Hall–Kier alpha value is -2.56. The lowest BCUT2D eigenvalue weighted by atomic mass is 10.1. The lowest BCUT2D eigenvalue weighted by Crippen LogP contribution is -2.16. The molecule has 5 heteroatoms. The normalized spacial score (nSPS) is 10.1. The predicted octanol–water partition coefficient (Wildman–Crippen LogP) is 2.62. The topological polar surface area (TPSA) is 77.2 Å². The first-order valence-electron chi connectivity index (χ1n) is 6.37. The van der Waals surface area contributed by atoms with Gasteiger partial charge in [0.05, 0.1) is 6.61 Å². The first kappa shape index (κ1) is 13.9. The molecule has 1 heterocycles. The molecule has 1 amide bonds. The molecule has 5 nitrogen and oxygen atoms in total. The number of carbonyl (C=O) groups is 1. The molecule has 2 aromatic rings. The number of hydrogen-bond acceptors (Lipinski definition) is 4. The number of nitrogens with zero attached hydrogens (tertiary/aromatic N) is 1. The molecular formula is C15H17N3O2. The summed E-state index contributed by atoms with van der Waals surface area (Å²) < 4.78 is 5.45. The summed E-state index contributed by atoms with van der Waals surface area (Å²) in [7, 11) is 0. The highest BCUT2D eigenvalue weighted by Gasteiger charge is 2.16. The molecule has 2 rings (SSSR count). The fraction of sp³-hybridized carbons (Fsp3) is 0.200. The zero-order chi connectivity index (χ0) is 14.5. The van der Waals surface area contributed by atoms with E-state index in [-0.39, 0.29) is 5.91 Å². The van der Waals surface area contributed by atoms with E-state index in [1.165, 1.54) is 0 Å². The summed E-state index contributed by atoms with van der Waals surface area (Å²) >= 11 is 0. The van der Waals surface area contributed by atoms with Gasteiger partial charge in [0.2, 0.25) is 0 Å². The predicted molar refractivity (Wildman–Crippen MR) is 79.0 cm³/mol. The smallest absolute Gasteiger partial charge is 0.261 e. The Morgan fingerprint density at radius 1 is 1.40 bits per heavy atom. The SMILES string of the molecule is CCOc1cccc(N)c1C(=O)Nc1ccnc(C)c1. The molecule has 0 bridgehead atoms. The second-order valence-electron chi connectivity index (χ2n) is 4.29. The van der Waals surface area contributed by atoms with Crippen LogP contribution in [0.15, 0.2) is 36.5 Å². The van der Waals surface area contributed by atoms with Crippen molar-refractivity contribution in [1.29, 1.82) is 0 Å². The average molecular weight is 271 g/mol. The maximum atomic E-state index is 12.4. The number of hydrogen-bond donors (Lipinski definition) is 2. The molecule has 0 radical (unpaired) electrons. The molecule has 1 aromatic heterocycles. The van der Waals surface area contributed by atoms with Gasteiger partial charge in [0, 0.05) is 23.3 Å². The van der Waals surface area contributed by atoms with Gasteiger partial charge in [-0.3, -0.25) is 9.78 Å². The van der Waals surface area contributed by atoms with Crippen LogP contribution in [0.4, 0.5) is 11.4 Å². The highest BCUT2D eigenvalue weighted by molar-refractivity contribution is 6.09. The molecule has 0 atom stereocenters. The van der Waals surface area contributed by atoms with Gasteiger partial charge in [-0.25, -0.2) is 0 Å². The summed E-state index contributed by atoms with van der Waals surface area (Å²) in [5.74, 6) is 0.188.